The highest BCUT2D eigenvalue weighted by Gasteiger charge is 2.22. The second-order valence-corrected chi connectivity index (χ2v) is 6.72. The molecule has 1 amide bonds. The molecule has 0 atom stereocenters. The molecule has 1 aromatic heterocycles. The zero-order valence-corrected chi connectivity index (χ0v) is 15.1. The molecular formula is C22H22N2O2. The number of carbonyl (C=O) groups is 1. The van der Waals surface area contributed by atoms with Crippen LogP contribution in [0.5, 0.6) is 5.75 Å². The maximum Gasteiger partial charge on any atom is 0.246 e. The van der Waals surface area contributed by atoms with E-state index in [4.69, 9.17) is 4.74 Å². The number of methoxy groups -OCH3 is 1. The number of hydrogen-bond donors (Lipinski definition) is 1. The zero-order chi connectivity index (χ0) is 18.1. The van der Waals surface area contributed by atoms with Gasteiger partial charge in [-0.2, -0.15) is 0 Å². The summed E-state index contributed by atoms with van der Waals surface area (Å²) in [4.78, 5) is 18.1. The van der Waals surface area contributed by atoms with Gasteiger partial charge in [0, 0.05) is 53.3 Å². The number of carbonyl (C=O) groups excluding carboxylic acids is 1. The van der Waals surface area contributed by atoms with Crippen molar-refractivity contribution in [3.05, 3.63) is 70.9 Å². The summed E-state index contributed by atoms with van der Waals surface area (Å²) in [6.07, 6.45) is 4.35. The molecule has 2 aromatic carbocycles. The van der Waals surface area contributed by atoms with E-state index in [2.05, 4.69) is 17.1 Å². The van der Waals surface area contributed by atoms with Crippen molar-refractivity contribution in [1.82, 2.24) is 9.88 Å². The van der Waals surface area contributed by atoms with Gasteiger partial charge in [0.1, 0.15) is 5.75 Å². The summed E-state index contributed by atoms with van der Waals surface area (Å²) in [5, 5.41) is 1.21. The Bertz CT molecular complexity index is 1000. The number of nitrogens with zero attached hydrogens (tertiary/aromatic N) is 1. The number of aromatic amines is 1. The number of rotatable bonds is 3. The molecule has 2 heterocycles. The maximum absolute atomic E-state index is 12.7. The van der Waals surface area contributed by atoms with E-state index in [-0.39, 0.29) is 5.91 Å². The van der Waals surface area contributed by atoms with E-state index >= 15 is 0 Å². The Morgan fingerprint density at radius 3 is 2.92 bits per heavy atom. The highest BCUT2D eigenvalue weighted by Crippen LogP contribution is 2.28. The highest BCUT2D eigenvalue weighted by molar-refractivity contribution is 5.93. The smallest absolute Gasteiger partial charge is 0.246 e. The number of H-pyrrole nitrogens is 1. The summed E-state index contributed by atoms with van der Waals surface area (Å²) in [6, 6.07) is 14.2. The summed E-state index contributed by atoms with van der Waals surface area (Å²) in [6.45, 7) is 3.41. The first-order chi connectivity index (χ1) is 12.7. The van der Waals surface area contributed by atoms with Crippen molar-refractivity contribution in [3.63, 3.8) is 0 Å². The summed E-state index contributed by atoms with van der Waals surface area (Å²) in [5.74, 6) is 0.807. The Kier molecular flexibility index (Phi) is 4.25. The SMILES string of the molecule is COc1ccc(C)cc1C=CC(=O)N1CCc2[nH]c3ccccc3c2C1. The average Bonchev–Trinajstić information content (AvgIpc) is 3.04. The van der Waals surface area contributed by atoms with Crippen molar-refractivity contribution in [3.8, 4) is 5.75 Å². The number of ether oxygens (including phenoxy) is 1. The fraction of sp³-hybridized carbons (Fsp3) is 0.227. The Balaban J connectivity index is 1.56. The van der Waals surface area contributed by atoms with Gasteiger partial charge < -0.3 is 14.6 Å². The molecule has 4 rings (SSSR count). The van der Waals surface area contributed by atoms with E-state index in [0.29, 0.717) is 6.54 Å². The standard InChI is InChI=1S/C22H22N2O2/c1-15-7-9-21(26-2)16(13-15)8-10-22(25)24-12-11-20-18(14-24)17-5-3-4-6-19(17)23-20/h3-10,13,23H,11-12,14H2,1-2H3. The molecule has 132 valence electrons. The van der Waals surface area contributed by atoms with E-state index in [1.165, 1.54) is 16.6 Å². The average molecular weight is 346 g/mol. The van der Waals surface area contributed by atoms with Crippen LogP contribution in [0.4, 0.5) is 0 Å². The van der Waals surface area contributed by atoms with E-state index in [1.807, 2.05) is 48.2 Å². The van der Waals surface area contributed by atoms with Crippen molar-refractivity contribution in [2.45, 2.75) is 19.9 Å². The van der Waals surface area contributed by atoms with Crippen LogP contribution < -0.4 is 4.74 Å². The molecule has 1 aliphatic rings. The normalized spacial score (nSPS) is 14.0. The van der Waals surface area contributed by atoms with Gasteiger partial charge in [0.25, 0.3) is 0 Å². The second kappa shape index (κ2) is 6.71. The molecule has 4 heteroatoms. The monoisotopic (exact) mass is 346 g/mol. The second-order valence-electron chi connectivity index (χ2n) is 6.72. The van der Waals surface area contributed by atoms with Gasteiger partial charge in [-0.3, -0.25) is 4.79 Å². The van der Waals surface area contributed by atoms with Crippen molar-refractivity contribution >= 4 is 22.9 Å². The lowest BCUT2D eigenvalue weighted by Crippen LogP contribution is -2.34. The summed E-state index contributed by atoms with van der Waals surface area (Å²) >= 11 is 0. The molecule has 3 aromatic rings. The first-order valence-corrected chi connectivity index (χ1v) is 8.86. The molecule has 0 aliphatic carbocycles. The highest BCUT2D eigenvalue weighted by atomic mass is 16.5. The van der Waals surface area contributed by atoms with Crippen molar-refractivity contribution < 1.29 is 9.53 Å². The van der Waals surface area contributed by atoms with Crippen LogP contribution in [-0.4, -0.2) is 29.4 Å². The van der Waals surface area contributed by atoms with Crippen molar-refractivity contribution in [2.75, 3.05) is 13.7 Å². The van der Waals surface area contributed by atoms with Crippen LogP contribution in [0.2, 0.25) is 0 Å². The molecule has 1 N–H and O–H groups in total. The lowest BCUT2D eigenvalue weighted by molar-refractivity contribution is -0.126. The number of fused-ring (bicyclic) bond motifs is 3. The van der Waals surface area contributed by atoms with E-state index in [0.717, 1.165) is 35.4 Å². The van der Waals surface area contributed by atoms with Crippen LogP contribution >= 0.6 is 0 Å². The van der Waals surface area contributed by atoms with E-state index < -0.39 is 0 Å². The Hall–Kier alpha value is -3.01. The molecule has 4 nitrogen and oxygen atoms in total. The van der Waals surface area contributed by atoms with Crippen molar-refractivity contribution in [2.24, 2.45) is 0 Å². The predicted octanol–water partition coefficient (Wildman–Crippen LogP) is 4.08. The van der Waals surface area contributed by atoms with Gasteiger partial charge in [0.05, 0.1) is 7.11 Å². The molecule has 26 heavy (non-hydrogen) atoms. The fourth-order valence-electron chi connectivity index (χ4n) is 3.61. The van der Waals surface area contributed by atoms with Crippen LogP contribution in [0.3, 0.4) is 0 Å². The molecule has 0 saturated heterocycles. The molecule has 0 fully saturated rings. The van der Waals surface area contributed by atoms with Crippen LogP contribution in [0, 0.1) is 6.92 Å². The lowest BCUT2D eigenvalue weighted by Gasteiger charge is -2.26. The topological polar surface area (TPSA) is 45.3 Å². The molecule has 0 radical (unpaired) electrons. The Labute approximate surface area is 153 Å². The van der Waals surface area contributed by atoms with Crippen LogP contribution in [0.25, 0.3) is 17.0 Å². The summed E-state index contributed by atoms with van der Waals surface area (Å²) in [7, 11) is 1.65. The number of para-hydroxylation sites is 1. The first kappa shape index (κ1) is 16.5. The minimum Gasteiger partial charge on any atom is -0.496 e. The molecular weight excluding hydrogens is 324 g/mol. The number of nitrogens with one attached hydrogen (secondary N) is 1. The molecule has 1 aliphatic heterocycles. The van der Waals surface area contributed by atoms with Crippen LogP contribution in [-0.2, 0) is 17.8 Å². The Morgan fingerprint density at radius 2 is 2.08 bits per heavy atom. The number of hydrogen-bond acceptors (Lipinski definition) is 2. The van der Waals surface area contributed by atoms with Crippen LogP contribution in [0.1, 0.15) is 22.4 Å². The zero-order valence-electron chi connectivity index (χ0n) is 15.1. The fourth-order valence-corrected chi connectivity index (χ4v) is 3.61. The van der Waals surface area contributed by atoms with Crippen molar-refractivity contribution in [1.29, 1.82) is 0 Å². The van der Waals surface area contributed by atoms with Gasteiger partial charge in [-0.05, 0) is 31.2 Å². The summed E-state index contributed by atoms with van der Waals surface area (Å²) < 4.78 is 5.38. The predicted molar refractivity (Wildman–Crippen MR) is 104 cm³/mol. The molecule has 0 saturated carbocycles. The van der Waals surface area contributed by atoms with Gasteiger partial charge in [-0.1, -0.05) is 29.8 Å². The third kappa shape index (κ3) is 2.99. The Morgan fingerprint density at radius 1 is 1.23 bits per heavy atom. The van der Waals surface area contributed by atoms with E-state index in [9.17, 15) is 4.79 Å². The summed E-state index contributed by atoms with van der Waals surface area (Å²) in [5.41, 5.74) is 5.69. The largest absolute Gasteiger partial charge is 0.496 e. The minimum absolute atomic E-state index is 0.0319. The number of aryl methyl sites for hydroxylation is 1. The van der Waals surface area contributed by atoms with Gasteiger partial charge in [0.2, 0.25) is 5.91 Å². The number of amides is 1. The van der Waals surface area contributed by atoms with E-state index in [1.54, 1.807) is 13.2 Å². The van der Waals surface area contributed by atoms with Crippen LogP contribution in [0.15, 0.2) is 48.5 Å². The van der Waals surface area contributed by atoms with Gasteiger partial charge in [-0.15, -0.1) is 0 Å². The number of benzene rings is 2. The molecule has 0 spiro atoms. The minimum atomic E-state index is 0.0319. The lowest BCUT2D eigenvalue weighted by atomic mass is 10.0. The first-order valence-electron chi connectivity index (χ1n) is 8.86. The van der Waals surface area contributed by atoms with Gasteiger partial charge in [0.15, 0.2) is 0 Å². The number of aromatic nitrogens is 1. The maximum atomic E-state index is 12.7. The molecule has 0 unspecified atom stereocenters. The molecule has 0 bridgehead atoms. The quantitative estimate of drug-likeness (QED) is 0.726. The van der Waals surface area contributed by atoms with Gasteiger partial charge in [-0.25, -0.2) is 0 Å². The third-order valence-corrected chi connectivity index (χ3v) is 4.99. The third-order valence-electron chi connectivity index (χ3n) is 4.99. The van der Waals surface area contributed by atoms with Gasteiger partial charge >= 0.3 is 0 Å².